The van der Waals surface area contributed by atoms with E-state index >= 15 is 0 Å². The second-order valence-corrected chi connectivity index (χ2v) is 11.9. The first-order valence-corrected chi connectivity index (χ1v) is 16.2. The SMILES string of the molecule is COc1cc(C(=O)OC(CCCOc2cccc(C(=O)OCC(C)C)c2)CCN2CCCN(CCCO)CC2)cc(OC)c1OC. The van der Waals surface area contributed by atoms with Gasteiger partial charge in [0.1, 0.15) is 11.9 Å². The number of aliphatic hydroxyl groups excluding tert-OH is 1. The van der Waals surface area contributed by atoms with E-state index in [0.717, 1.165) is 52.1 Å². The lowest BCUT2D eigenvalue weighted by molar-refractivity contribution is 0.0221. The third-order valence-electron chi connectivity index (χ3n) is 7.81. The Morgan fingerprint density at radius 3 is 2.15 bits per heavy atom. The summed E-state index contributed by atoms with van der Waals surface area (Å²) in [4.78, 5) is 30.6. The molecule has 0 amide bonds. The highest BCUT2D eigenvalue weighted by Gasteiger charge is 2.23. The lowest BCUT2D eigenvalue weighted by atomic mass is 10.1. The first kappa shape index (κ1) is 36.9. The van der Waals surface area contributed by atoms with Crippen molar-refractivity contribution in [2.75, 3.05) is 80.4 Å². The molecule has 1 atom stereocenters. The van der Waals surface area contributed by atoms with E-state index in [2.05, 4.69) is 9.80 Å². The van der Waals surface area contributed by atoms with E-state index < -0.39 is 5.97 Å². The number of hydrogen-bond acceptors (Lipinski definition) is 11. The molecule has 11 heteroatoms. The molecule has 0 aromatic heterocycles. The fraction of sp³-hybridized carbons (Fsp3) is 0.600. The standard InChI is InChI=1S/C35H52N2O9/c1-26(2)25-45-34(39)27-10-6-11-30(22-27)44-21-7-12-29(13-17-37-15-8-14-36(18-19-37)16-9-20-38)46-35(40)28-23-31(41-3)33(43-5)32(24-28)42-4/h6,10-11,22-24,26,29,38H,7-9,12-21,25H2,1-5H3. The molecule has 3 rings (SSSR count). The first-order chi connectivity index (χ1) is 22.3. The Hall–Kier alpha value is -3.54. The molecule has 0 bridgehead atoms. The van der Waals surface area contributed by atoms with Crippen LogP contribution in [0.4, 0.5) is 0 Å². The van der Waals surface area contributed by atoms with Crippen molar-refractivity contribution in [2.45, 2.75) is 52.1 Å². The van der Waals surface area contributed by atoms with Crippen LogP contribution in [0.5, 0.6) is 23.0 Å². The number of carbonyl (C=O) groups is 2. The van der Waals surface area contributed by atoms with Gasteiger partial charge in [-0.25, -0.2) is 9.59 Å². The highest BCUT2D eigenvalue weighted by atomic mass is 16.5. The van der Waals surface area contributed by atoms with Gasteiger partial charge in [-0.15, -0.1) is 0 Å². The predicted molar refractivity (Wildman–Crippen MR) is 175 cm³/mol. The number of methoxy groups -OCH3 is 3. The Bertz CT molecular complexity index is 1200. The Balaban J connectivity index is 1.63. The predicted octanol–water partition coefficient (Wildman–Crippen LogP) is 4.69. The summed E-state index contributed by atoms with van der Waals surface area (Å²) in [6.45, 7) is 10.5. The van der Waals surface area contributed by atoms with Gasteiger partial charge in [-0.05, 0) is 81.4 Å². The molecule has 0 radical (unpaired) electrons. The summed E-state index contributed by atoms with van der Waals surface area (Å²) in [5.74, 6) is 1.16. The minimum absolute atomic E-state index is 0.208. The minimum Gasteiger partial charge on any atom is -0.494 e. The summed E-state index contributed by atoms with van der Waals surface area (Å²) in [6, 6.07) is 10.2. The largest absolute Gasteiger partial charge is 0.494 e. The van der Waals surface area contributed by atoms with Gasteiger partial charge in [0.2, 0.25) is 5.75 Å². The number of hydrogen-bond donors (Lipinski definition) is 1. The molecule has 1 aliphatic heterocycles. The van der Waals surface area contributed by atoms with E-state index in [4.69, 9.17) is 28.4 Å². The number of benzene rings is 2. The highest BCUT2D eigenvalue weighted by molar-refractivity contribution is 5.91. The molecule has 0 aliphatic carbocycles. The number of ether oxygens (including phenoxy) is 6. The van der Waals surface area contributed by atoms with Crippen LogP contribution in [-0.2, 0) is 9.47 Å². The molecular formula is C35H52N2O9. The van der Waals surface area contributed by atoms with E-state index in [9.17, 15) is 14.7 Å². The van der Waals surface area contributed by atoms with Crippen molar-refractivity contribution in [2.24, 2.45) is 5.92 Å². The van der Waals surface area contributed by atoms with Crippen molar-refractivity contribution in [3.63, 3.8) is 0 Å². The van der Waals surface area contributed by atoms with E-state index in [1.807, 2.05) is 19.9 Å². The highest BCUT2D eigenvalue weighted by Crippen LogP contribution is 2.38. The number of carbonyl (C=O) groups excluding carboxylic acids is 2. The second-order valence-electron chi connectivity index (χ2n) is 11.9. The zero-order chi connectivity index (χ0) is 33.3. The van der Waals surface area contributed by atoms with Gasteiger partial charge in [0.25, 0.3) is 0 Å². The van der Waals surface area contributed by atoms with E-state index in [-0.39, 0.29) is 24.6 Å². The van der Waals surface area contributed by atoms with Crippen LogP contribution in [0.25, 0.3) is 0 Å². The monoisotopic (exact) mass is 644 g/mol. The molecule has 1 aliphatic rings. The van der Waals surface area contributed by atoms with Gasteiger partial charge in [0.15, 0.2) is 11.5 Å². The van der Waals surface area contributed by atoms with Gasteiger partial charge in [0, 0.05) is 32.8 Å². The topological polar surface area (TPSA) is 116 Å². The van der Waals surface area contributed by atoms with Crippen LogP contribution in [0.1, 0.15) is 66.7 Å². The fourth-order valence-electron chi connectivity index (χ4n) is 5.31. The zero-order valence-electron chi connectivity index (χ0n) is 28.1. The molecule has 11 nitrogen and oxygen atoms in total. The number of esters is 2. The maximum atomic E-state index is 13.4. The van der Waals surface area contributed by atoms with Gasteiger partial charge in [-0.2, -0.15) is 0 Å². The van der Waals surface area contributed by atoms with Gasteiger partial charge < -0.3 is 43.3 Å². The minimum atomic E-state index is -0.469. The van der Waals surface area contributed by atoms with Crippen LogP contribution >= 0.6 is 0 Å². The number of aliphatic hydroxyl groups is 1. The lowest BCUT2D eigenvalue weighted by Gasteiger charge is -2.25. The second kappa shape index (κ2) is 19.9. The van der Waals surface area contributed by atoms with Crippen molar-refractivity contribution in [3.8, 4) is 23.0 Å². The zero-order valence-corrected chi connectivity index (χ0v) is 28.1. The Kier molecular flexibility index (Phi) is 15.9. The normalized spacial score (nSPS) is 14.8. The molecule has 1 unspecified atom stereocenters. The van der Waals surface area contributed by atoms with E-state index in [1.165, 1.54) is 21.3 Å². The molecule has 1 fully saturated rings. The molecule has 1 heterocycles. The van der Waals surface area contributed by atoms with Gasteiger partial charge in [-0.1, -0.05) is 19.9 Å². The molecule has 2 aromatic rings. The van der Waals surface area contributed by atoms with Gasteiger partial charge in [0.05, 0.1) is 45.7 Å². The molecular weight excluding hydrogens is 592 g/mol. The first-order valence-electron chi connectivity index (χ1n) is 16.2. The third-order valence-corrected chi connectivity index (χ3v) is 7.81. The van der Waals surface area contributed by atoms with Gasteiger partial charge >= 0.3 is 11.9 Å². The average Bonchev–Trinajstić information content (AvgIpc) is 3.31. The molecule has 0 saturated carbocycles. The third kappa shape index (κ3) is 12.0. The van der Waals surface area contributed by atoms with E-state index in [1.54, 1.807) is 30.3 Å². The van der Waals surface area contributed by atoms with Crippen molar-refractivity contribution >= 4 is 11.9 Å². The lowest BCUT2D eigenvalue weighted by Crippen LogP contribution is -2.34. The van der Waals surface area contributed by atoms with Crippen LogP contribution in [0, 0.1) is 5.92 Å². The smallest absolute Gasteiger partial charge is 0.338 e. The Labute approximate surface area is 273 Å². The van der Waals surface area contributed by atoms with Crippen molar-refractivity contribution in [1.82, 2.24) is 9.80 Å². The Morgan fingerprint density at radius 1 is 0.826 bits per heavy atom. The van der Waals surface area contributed by atoms with Crippen LogP contribution in [0.3, 0.4) is 0 Å². The van der Waals surface area contributed by atoms with Crippen LogP contribution in [0.15, 0.2) is 36.4 Å². The summed E-state index contributed by atoms with van der Waals surface area (Å²) >= 11 is 0. The summed E-state index contributed by atoms with van der Waals surface area (Å²) in [5, 5.41) is 9.20. The number of nitrogens with zero attached hydrogens (tertiary/aromatic N) is 2. The van der Waals surface area contributed by atoms with Crippen molar-refractivity contribution in [1.29, 1.82) is 0 Å². The molecule has 1 saturated heterocycles. The maximum absolute atomic E-state index is 13.4. The summed E-state index contributed by atoms with van der Waals surface area (Å²) in [5.41, 5.74) is 0.758. The molecule has 0 spiro atoms. The molecule has 1 N–H and O–H groups in total. The van der Waals surface area contributed by atoms with Gasteiger partial charge in [-0.3, -0.25) is 0 Å². The van der Waals surface area contributed by atoms with Crippen molar-refractivity contribution < 1.29 is 43.1 Å². The van der Waals surface area contributed by atoms with Crippen LogP contribution < -0.4 is 18.9 Å². The summed E-state index contributed by atoms with van der Waals surface area (Å²) in [7, 11) is 4.52. The molecule has 46 heavy (non-hydrogen) atoms. The average molecular weight is 645 g/mol. The van der Waals surface area contributed by atoms with Crippen LogP contribution in [-0.4, -0.2) is 113 Å². The Morgan fingerprint density at radius 2 is 1.52 bits per heavy atom. The maximum Gasteiger partial charge on any atom is 0.338 e. The quantitative estimate of drug-likeness (QED) is 0.170. The summed E-state index contributed by atoms with van der Waals surface area (Å²) in [6.07, 6.45) is 3.41. The van der Waals surface area contributed by atoms with E-state index in [0.29, 0.717) is 66.6 Å². The van der Waals surface area contributed by atoms with Crippen LogP contribution in [0.2, 0.25) is 0 Å². The molecule has 256 valence electrons. The fourth-order valence-corrected chi connectivity index (χ4v) is 5.31. The summed E-state index contributed by atoms with van der Waals surface area (Å²) < 4.78 is 33.7. The van der Waals surface area contributed by atoms with Crippen molar-refractivity contribution in [3.05, 3.63) is 47.5 Å². The number of rotatable bonds is 19. The molecule has 2 aromatic carbocycles.